The summed E-state index contributed by atoms with van der Waals surface area (Å²) in [6, 6.07) is 10.6. The van der Waals surface area contributed by atoms with Gasteiger partial charge >= 0.3 is 6.03 Å². The number of hydrogen-bond acceptors (Lipinski definition) is 1. The molecule has 0 saturated carbocycles. The number of nitrogens with zero attached hydrogens (tertiary/aromatic N) is 1. The van der Waals surface area contributed by atoms with Crippen LogP contribution in [-0.4, -0.2) is 30.6 Å². The summed E-state index contributed by atoms with van der Waals surface area (Å²) in [5.41, 5.74) is 1.28. The van der Waals surface area contributed by atoms with Crippen molar-refractivity contribution in [3.05, 3.63) is 35.9 Å². The molecule has 16 heavy (non-hydrogen) atoms. The lowest BCUT2D eigenvalue weighted by molar-refractivity contribution is 0.216. The molecular formula is C13H20N2O. The molecule has 0 spiro atoms. The molecule has 1 fully saturated rings. The van der Waals surface area contributed by atoms with Gasteiger partial charge in [0.15, 0.2) is 0 Å². The summed E-state index contributed by atoms with van der Waals surface area (Å²) in [5, 5.41) is 2.83. The average Bonchev–Trinajstić information content (AvgIpc) is 2.65. The largest absolute Gasteiger partial charge is 0.336 e. The van der Waals surface area contributed by atoms with Crippen molar-refractivity contribution in [1.29, 1.82) is 0 Å². The summed E-state index contributed by atoms with van der Waals surface area (Å²) < 4.78 is 0. The molecule has 1 aliphatic rings. The molecule has 1 aromatic rings. The van der Waals surface area contributed by atoms with Gasteiger partial charge in [-0.15, -0.1) is 0 Å². The Balaban J connectivity index is 0.000000606. The maximum Gasteiger partial charge on any atom is 0.317 e. The van der Waals surface area contributed by atoms with Crippen LogP contribution in [0.1, 0.15) is 19.4 Å². The molecule has 0 aromatic heterocycles. The van der Waals surface area contributed by atoms with Crippen molar-refractivity contribution in [2.24, 2.45) is 0 Å². The van der Waals surface area contributed by atoms with Crippen LogP contribution in [0, 0.1) is 0 Å². The van der Waals surface area contributed by atoms with Gasteiger partial charge < -0.3 is 10.2 Å². The number of amides is 2. The van der Waals surface area contributed by atoms with E-state index in [-0.39, 0.29) is 6.03 Å². The molecule has 1 saturated heterocycles. The molecule has 0 aliphatic carbocycles. The maximum absolute atomic E-state index is 11.2. The fourth-order valence-electron chi connectivity index (χ4n) is 1.73. The number of benzene rings is 1. The molecule has 0 radical (unpaired) electrons. The Hall–Kier alpha value is -1.51. The van der Waals surface area contributed by atoms with E-state index in [1.54, 1.807) is 4.90 Å². The molecule has 2 rings (SSSR count). The highest BCUT2D eigenvalue weighted by atomic mass is 16.2. The van der Waals surface area contributed by atoms with Crippen LogP contribution in [0.4, 0.5) is 4.79 Å². The van der Waals surface area contributed by atoms with Gasteiger partial charge in [0, 0.05) is 13.6 Å². The van der Waals surface area contributed by atoms with Crippen molar-refractivity contribution in [3.63, 3.8) is 0 Å². The van der Waals surface area contributed by atoms with Crippen molar-refractivity contribution in [2.75, 3.05) is 13.6 Å². The molecule has 3 heteroatoms. The Morgan fingerprint density at radius 1 is 1.31 bits per heavy atom. The smallest absolute Gasteiger partial charge is 0.317 e. The predicted molar refractivity (Wildman–Crippen MR) is 66.4 cm³/mol. The van der Waals surface area contributed by atoms with E-state index in [9.17, 15) is 4.79 Å². The Labute approximate surface area is 97.5 Å². The lowest BCUT2D eigenvalue weighted by Crippen LogP contribution is -2.31. The van der Waals surface area contributed by atoms with Crippen LogP contribution in [0.3, 0.4) is 0 Å². The maximum atomic E-state index is 11.2. The zero-order valence-corrected chi connectivity index (χ0v) is 10.2. The topological polar surface area (TPSA) is 32.3 Å². The third-order valence-electron chi connectivity index (χ3n) is 2.67. The van der Waals surface area contributed by atoms with E-state index in [0.717, 1.165) is 13.0 Å². The fraction of sp³-hybridized carbons (Fsp3) is 0.462. The van der Waals surface area contributed by atoms with Gasteiger partial charge in [-0.05, 0) is 12.0 Å². The van der Waals surface area contributed by atoms with Crippen LogP contribution >= 0.6 is 0 Å². The van der Waals surface area contributed by atoms with Crippen LogP contribution in [0.15, 0.2) is 30.3 Å². The number of urea groups is 1. The summed E-state index contributed by atoms with van der Waals surface area (Å²) in [4.78, 5) is 13.0. The Morgan fingerprint density at radius 2 is 1.94 bits per heavy atom. The van der Waals surface area contributed by atoms with E-state index in [4.69, 9.17) is 0 Å². The van der Waals surface area contributed by atoms with Gasteiger partial charge in [-0.25, -0.2) is 4.79 Å². The molecular weight excluding hydrogens is 200 g/mol. The number of carbonyl (C=O) groups excluding carboxylic acids is 1. The molecule has 1 heterocycles. The Morgan fingerprint density at radius 3 is 2.44 bits per heavy atom. The van der Waals surface area contributed by atoms with Gasteiger partial charge in [0.2, 0.25) is 0 Å². The molecule has 1 aliphatic heterocycles. The van der Waals surface area contributed by atoms with Gasteiger partial charge in [-0.3, -0.25) is 0 Å². The van der Waals surface area contributed by atoms with Crippen molar-refractivity contribution in [3.8, 4) is 0 Å². The van der Waals surface area contributed by atoms with E-state index in [1.165, 1.54) is 5.56 Å². The standard InChI is InChI=1S/C11H14N2O.C2H6/c1-13-10(8-12-11(13)14)7-9-5-3-2-4-6-9;1-2/h2-6,10H,7-8H2,1H3,(H,12,14);1-2H3. The first-order valence-electron chi connectivity index (χ1n) is 5.82. The lowest BCUT2D eigenvalue weighted by atomic mass is 10.1. The first-order chi connectivity index (χ1) is 7.77. The molecule has 3 nitrogen and oxygen atoms in total. The first-order valence-corrected chi connectivity index (χ1v) is 5.82. The SMILES string of the molecule is CC.CN1C(=O)NCC1Cc1ccccc1. The molecule has 2 amide bonds. The number of likely N-dealkylation sites (N-methyl/N-ethyl adjacent to an activating group) is 1. The molecule has 0 bridgehead atoms. The number of nitrogens with one attached hydrogen (secondary N) is 1. The van der Waals surface area contributed by atoms with E-state index >= 15 is 0 Å². The second-order valence-electron chi connectivity index (χ2n) is 3.64. The van der Waals surface area contributed by atoms with Gasteiger partial charge in [-0.2, -0.15) is 0 Å². The first kappa shape index (κ1) is 12.6. The quantitative estimate of drug-likeness (QED) is 0.814. The minimum atomic E-state index is 0.0333. The summed E-state index contributed by atoms with van der Waals surface area (Å²) in [5.74, 6) is 0. The number of carbonyl (C=O) groups is 1. The zero-order valence-electron chi connectivity index (χ0n) is 10.2. The van der Waals surface area contributed by atoms with Crippen molar-refractivity contribution < 1.29 is 4.79 Å². The summed E-state index contributed by atoms with van der Waals surface area (Å²) >= 11 is 0. The van der Waals surface area contributed by atoms with Crippen LogP contribution < -0.4 is 5.32 Å². The van der Waals surface area contributed by atoms with E-state index in [2.05, 4.69) is 17.4 Å². The average molecular weight is 220 g/mol. The Kier molecular flexibility index (Phi) is 4.83. The third-order valence-corrected chi connectivity index (χ3v) is 2.67. The molecule has 1 aromatic carbocycles. The van der Waals surface area contributed by atoms with Crippen LogP contribution in [-0.2, 0) is 6.42 Å². The van der Waals surface area contributed by atoms with E-state index < -0.39 is 0 Å². The van der Waals surface area contributed by atoms with Crippen molar-refractivity contribution in [1.82, 2.24) is 10.2 Å². The molecule has 88 valence electrons. The number of hydrogen-bond donors (Lipinski definition) is 1. The van der Waals surface area contributed by atoms with Crippen molar-refractivity contribution in [2.45, 2.75) is 26.3 Å². The zero-order chi connectivity index (χ0) is 12.0. The monoisotopic (exact) mass is 220 g/mol. The second kappa shape index (κ2) is 6.16. The van der Waals surface area contributed by atoms with Crippen LogP contribution in [0.25, 0.3) is 0 Å². The predicted octanol–water partition coefficient (Wildman–Crippen LogP) is 2.28. The Bertz CT molecular complexity index is 324. The minimum Gasteiger partial charge on any atom is -0.336 e. The normalized spacial score (nSPS) is 18.8. The summed E-state index contributed by atoms with van der Waals surface area (Å²) in [7, 11) is 1.84. The summed E-state index contributed by atoms with van der Waals surface area (Å²) in [6.45, 7) is 4.75. The lowest BCUT2D eigenvalue weighted by Gasteiger charge is -2.17. The van der Waals surface area contributed by atoms with Gasteiger partial charge in [-0.1, -0.05) is 44.2 Å². The summed E-state index contributed by atoms with van der Waals surface area (Å²) in [6.07, 6.45) is 0.927. The van der Waals surface area contributed by atoms with Crippen molar-refractivity contribution >= 4 is 6.03 Å². The van der Waals surface area contributed by atoms with Gasteiger partial charge in [0.25, 0.3) is 0 Å². The van der Waals surface area contributed by atoms with Gasteiger partial charge in [0.05, 0.1) is 6.04 Å². The number of rotatable bonds is 2. The fourth-order valence-corrected chi connectivity index (χ4v) is 1.73. The molecule has 1 unspecified atom stereocenters. The minimum absolute atomic E-state index is 0.0333. The highest BCUT2D eigenvalue weighted by Gasteiger charge is 2.26. The third kappa shape index (κ3) is 2.99. The van der Waals surface area contributed by atoms with Crippen LogP contribution in [0.5, 0.6) is 0 Å². The molecule has 1 N–H and O–H groups in total. The van der Waals surface area contributed by atoms with Crippen LogP contribution in [0.2, 0.25) is 0 Å². The highest BCUT2D eigenvalue weighted by molar-refractivity contribution is 5.76. The van der Waals surface area contributed by atoms with E-state index in [1.807, 2.05) is 39.1 Å². The second-order valence-corrected chi connectivity index (χ2v) is 3.64. The highest BCUT2D eigenvalue weighted by Crippen LogP contribution is 2.10. The van der Waals surface area contributed by atoms with Gasteiger partial charge in [0.1, 0.15) is 0 Å². The molecule has 1 atom stereocenters. The van der Waals surface area contributed by atoms with E-state index in [0.29, 0.717) is 6.04 Å².